The van der Waals surface area contributed by atoms with E-state index < -0.39 is 17.0 Å². The number of esters is 1. The SMILES string of the molecule is CSc1ccc(Cl)c(C(=O)OC(C)c2nnc(-c3ccc([N+](=O)[O-])cc3)o2)c1. The van der Waals surface area contributed by atoms with Crippen molar-refractivity contribution in [2.45, 2.75) is 17.9 Å². The van der Waals surface area contributed by atoms with E-state index in [4.69, 9.17) is 20.8 Å². The molecule has 0 aliphatic carbocycles. The summed E-state index contributed by atoms with van der Waals surface area (Å²) < 4.78 is 10.9. The lowest BCUT2D eigenvalue weighted by molar-refractivity contribution is -0.384. The van der Waals surface area contributed by atoms with Gasteiger partial charge in [-0.15, -0.1) is 22.0 Å². The van der Waals surface area contributed by atoms with Crippen LogP contribution in [0.1, 0.15) is 29.3 Å². The summed E-state index contributed by atoms with van der Waals surface area (Å²) in [5.74, 6) is -0.349. The van der Waals surface area contributed by atoms with Crippen LogP contribution >= 0.6 is 23.4 Å². The van der Waals surface area contributed by atoms with Gasteiger partial charge in [0, 0.05) is 22.6 Å². The van der Waals surface area contributed by atoms with Gasteiger partial charge in [0.25, 0.3) is 11.6 Å². The molecule has 144 valence electrons. The Bertz CT molecular complexity index is 1020. The second kappa shape index (κ2) is 8.41. The van der Waals surface area contributed by atoms with Crippen LogP contribution in [0.5, 0.6) is 0 Å². The van der Waals surface area contributed by atoms with Gasteiger partial charge >= 0.3 is 5.97 Å². The molecule has 1 unspecified atom stereocenters. The van der Waals surface area contributed by atoms with Gasteiger partial charge in [0.15, 0.2) is 6.10 Å². The Morgan fingerprint density at radius 2 is 1.96 bits per heavy atom. The number of ether oxygens (including phenoxy) is 1. The fourth-order valence-corrected chi connectivity index (χ4v) is 2.94. The van der Waals surface area contributed by atoms with Crippen molar-refractivity contribution in [3.63, 3.8) is 0 Å². The minimum absolute atomic E-state index is 0.0462. The molecule has 28 heavy (non-hydrogen) atoms. The van der Waals surface area contributed by atoms with Crippen LogP contribution in [0.25, 0.3) is 11.5 Å². The number of aromatic nitrogens is 2. The Hall–Kier alpha value is -2.91. The smallest absolute Gasteiger partial charge is 0.340 e. The second-order valence-electron chi connectivity index (χ2n) is 5.64. The maximum absolute atomic E-state index is 12.4. The normalized spacial score (nSPS) is 11.8. The van der Waals surface area contributed by atoms with E-state index in [1.165, 1.54) is 36.0 Å². The molecular formula is C18H14ClN3O5S. The number of carbonyl (C=O) groups is 1. The van der Waals surface area contributed by atoms with E-state index in [0.29, 0.717) is 5.56 Å². The van der Waals surface area contributed by atoms with Crippen LogP contribution in [-0.4, -0.2) is 27.3 Å². The maximum atomic E-state index is 12.4. The highest BCUT2D eigenvalue weighted by molar-refractivity contribution is 7.98. The lowest BCUT2D eigenvalue weighted by Gasteiger charge is -2.11. The molecular weight excluding hydrogens is 406 g/mol. The van der Waals surface area contributed by atoms with Crippen molar-refractivity contribution in [2.24, 2.45) is 0 Å². The lowest BCUT2D eigenvalue weighted by Crippen LogP contribution is -2.10. The number of hydrogen-bond donors (Lipinski definition) is 0. The van der Waals surface area contributed by atoms with Crippen molar-refractivity contribution in [2.75, 3.05) is 6.26 Å². The van der Waals surface area contributed by atoms with Crippen LogP contribution in [-0.2, 0) is 4.74 Å². The van der Waals surface area contributed by atoms with E-state index in [1.807, 2.05) is 12.3 Å². The highest BCUT2D eigenvalue weighted by Crippen LogP contribution is 2.27. The summed E-state index contributed by atoms with van der Waals surface area (Å²) in [6, 6.07) is 10.8. The molecule has 0 bridgehead atoms. The molecule has 0 saturated heterocycles. The fourth-order valence-electron chi connectivity index (χ4n) is 2.30. The van der Waals surface area contributed by atoms with E-state index in [1.54, 1.807) is 19.1 Å². The van der Waals surface area contributed by atoms with Crippen LogP contribution in [0.2, 0.25) is 5.02 Å². The van der Waals surface area contributed by atoms with Gasteiger partial charge in [-0.3, -0.25) is 10.1 Å². The van der Waals surface area contributed by atoms with Crippen molar-refractivity contribution in [1.29, 1.82) is 0 Å². The van der Waals surface area contributed by atoms with Gasteiger partial charge < -0.3 is 9.15 Å². The summed E-state index contributed by atoms with van der Waals surface area (Å²) in [7, 11) is 0. The Labute approximate surface area is 169 Å². The third-order valence-corrected chi connectivity index (χ3v) is 4.85. The molecule has 3 rings (SSSR count). The molecule has 0 amide bonds. The zero-order valence-corrected chi connectivity index (χ0v) is 16.4. The molecule has 10 heteroatoms. The van der Waals surface area contributed by atoms with Gasteiger partial charge in [0.1, 0.15) is 0 Å². The van der Waals surface area contributed by atoms with Crippen LogP contribution in [0.15, 0.2) is 51.8 Å². The monoisotopic (exact) mass is 419 g/mol. The van der Waals surface area contributed by atoms with Gasteiger partial charge in [0.2, 0.25) is 5.89 Å². The molecule has 3 aromatic rings. The number of nitro benzene ring substituents is 1. The minimum atomic E-state index is -0.805. The van der Waals surface area contributed by atoms with Crippen molar-refractivity contribution in [1.82, 2.24) is 10.2 Å². The van der Waals surface area contributed by atoms with E-state index in [0.717, 1.165) is 4.90 Å². The number of carbonyl (C=O) groups excluding carboxylic acids is 1. The summed E-state index contributed by atoms with van der Waals surface area (Å²) in [5, 5.41) is 18.8. The molecule has 0 spiro atoms. The van der Waals surface area contributed by atoms with Crippen LogP contribution in [0, 0.1) is 10.1 Å². The molecule has 0 aliphatic rings. The number of halogens is 1. The number of nitro groups is 1. The van der Waals surface area contributed by atoms with E-state index in [9.17, 15) is 14.9 Å². The molecule has 0 saturated carbocycles. The van der Waals surface area contributed by atoms with Crippen molar-refractivity contribution in [3.05, 3.63) is 69.1 Å². The third kappa shape index (κ3) is 4.32. The first-order valence-electron chi connectivity index (χ1n) is 8.01. The highest BCUT2D eigenvalue weighted by atomic mass is 35.5. The van der Waals surface area contributed by atoms with Crippen LogP contribution in [0.4, 0.5) is 5.69 Å². The summed E-state index contributed by atoms with van der Waals surface area (Å²) in [5.41, 5.74) is 0.712. The zero-order valence-electron chi connectivity index (χ0n) is 14.8. The second-order valence-corrected chi connectivity index (χ2v) is 6.93. The molecule has 1 atom stereocenters. The van der Waals surface area contributed by atoms with E-state index in [2.05, 4.69) is 10.2 Å². The van der Waals surface area contributed by atoms with Gasteiger partial charge in [-0.05, 0) is 43.5 Å². The van der Waals surface area contributed by atoms with Crippen molar-refractivity contribution >= 4 is 35.0 Å². The van der Waals surface area contributed by atoms with Crippen molar-refractivity contribution < 1.29 is 18.9 Å². The number of thioether (sulfide) groups is 1. The largest absolute Gasteiger partial charge is 0.449 e. The topological polar surface area (TPSA) is 108 Å². The molecule has 0 aliphatic heterocycles. The fraction of sp³-hybridized carbons (Fsp3) is 0.167. The molecule has 0 radical (unpaired) electrons. The zero-order chi connectivity index (χ0) is 20.3. The standard InChI is InChI=1S/C18H14ClN3O5S/c1-10(26-18(23)14-9-13(28-2)7-8-15(14)19)16-20-21-17(27-16)11-3-5-12(6-4-11)22(24)25/h3-10H,1-2H3. The van der Waals surface area contributed by atoms with Crippen LogP contribution in [0.3, 0.4) is 0 Å². The van der Waals surface area contributed by atoms with Gasteiger partial charge in [0.05, 0.1) is 15.5 Å². The van der Waals surface area contributed by atoms with E-state index in [-0.39, 0.29) is 28.1 Å². The third-order valence-electron chi connectivity index (χ3n) is 3.79. The number of nitrogens with zero attached hydrogens (tertiary/aromatic N) is 3. The van der Waals surface area contributed by atoms with Gasteiger partial charge in [-0.25, -0.2) is 4.79 Å². The Morgan fingerprint density at radius 1 is 1.25 bits per heavy atom. The number of hydrogen-bond acceptors (Lipinski definition) is 8. The maximum Gasteiger partial charge on any atom is 0.340 e. The Balaban J connectivity index is 1.74. The minimum Gasteiger partial charge on any atom is -0.449 e. The first-order chi connectivity index (χ1) is 13.4. The number of rotatable bonds is 6. The molecule has 8 nitrogen and oxygen atoms in total. The molecule has 0 fully saturated rings. The Kier molecular flexibility index (Phi) is 5.96. The molecule has 1 heterocycles. The summed E-state index contributed by atoms with van der Waals surface area (Å²) in [6.07, 6.45) is 1.08. The summed E-state index contributed by atoms with van der Waals surface area (Å²) in [6.45, 7) is 1.59. The quantitative estimate of drug-likeness (QED) is 0.239. The van der Waals surface area contributed by atoms with Crippen molar-refractivity contribution in [3.8, 4) is 11.5 Å². The predicted octanol–water partition coefficient (Wildman–Crippen LogP) is 4.94. The van der Waals surface area contributed by atoms with Gasteiger partial charge in [-0.2, -0.15) is 0 Å². The summed E-state index contributed by atoms with van der Waals surface area (Å²) in [4.78, 5) is 23.5. The number of non-ortho nitro benzene ring substituents is 1. The Morgan fingerprint density at radius 3 is 2.61 bits per heavy atom. The highest BCUT2D eigenvalue weighted by Gasteiger charge is 2.22. The molecule has 2 aromatic carbocycles. The number of benzene rings is 2. The average Bonchev–Trinajstić information content (AvgIpc) is 3.18. The van der Waals surface area contributed by atoms with E-state index >= 15 is 0 Å². The average molecular weight is 420 g/mol. The predicted molar refractivity (Wildman–Crippen MR) is 103 cm³/mol. The first-order valence-corrected chi connectivity index (χ1v) is 9.62. The van der Waals surface area contributed by atoms with Crippen LogP contribution < -0.4 is 0 Å². The molecule has 0 N–H and O–H groups in total. The lowest BCUT2D eigenvalue weighted by atomic mass is 10.2. The first kappa shape index (κ1) is 19.8. The molecule has 1 aromatic heterocycles. The van der Waals surface area contributed by atoms with Gasteiger partial charge in [-0.1, -0.05) is 11.6 Å². The summed E-state index contributed by atoms with van der Waals surface area (Å²) >= 11 is 7.57.